The topological polar surface area (TPSA) is 60.6 Å². The molecule has 0 aliphatic carbocycles. The lowest BCUT2D eigenvalue weighted by atomic mass is 10.1. The molecule has 2 aromatic heterocycles. The fourth-order valence-corrected chi connectivity index (χ4v) is 2.75. The molecule has 0 radical (unpaired) electrons. The van der Waals surface area contributed by atoms with Gasteiger partial charge in [-0.1, -0.05) is 25.5 Å². The van der Waals surface area contributed by atoms with Gasteiger partial charge in [0, 0.05) is 24.8 Å². The number of rotatable bonds is 9. The molecule has 0 aliphatic heterocycles. The Balaban J connectivity index is 1.51. The first-order valence-corrected chi connectivity index (χ1v) is 8.94. The first-order valence-electron chi connectivity index (χ1n) is 8.94. The van der Waals surface area contributed by atoms with Crippen LogP contribution in [0.15, 0.2) is 49.3 Å². The summed E-state index contributed by atoms with van der Waals surface area (Å²) in [5.41, 5.74) is 3.66. The van der Waals surface area contributed by atoms with E-state index >= 15 is 0 Å². The fourth-order valence-electron chi connectivity index (χ4n) is 2.75. The minimum atomic E-state index is 0.271. The molecule has 0 amide bonds. The van der Waals surface area contributed by atoms with E-state index in [0.717, 1.165) is 25.2 Å². The van der Waals surface area contributed by atoms with Crippen molar-refractivity contribution in [3.8, 4) is 5.69 Å². The Kier molecular flexibility index (Phi) is 5.95. The van der Waals surface area contributed by atoms with E-state index in [1.54, 1.807) is 12.7 Å². The van der Waals surface area contributed by atoms with Crippen molar-refractivity contribution in [1.29, 1.82) is 0 Å². The second-order valence-corrected chi connectivity index (χ2v) is 6.42. The third kappa shape index (κ3) is 4.76. The molecule has 1 N–H and O–H groups in total. The molecule has 0 fully saturated rings. The van der Waals surface area contributed by atoms with Crippen LogP contribution in [0.4, 0.5) is 0 Å². The number of aromatic nitrogens is 5. The summed E-state index contributed by atoms with van der Waals surface area (Å²) in [6.07, 6.45) is 10.9. The zero-order valence-corrected chi connectivity index (χ0v) is 15.0. The van der Waals surface area contributed by atoms with E-state index in [-0.39, 0.29) is 6.04 Å². The normalized spacial score (nSPS) is 12.4. The van der Waals surface area contributed by atoms with E-state index in [9.17, 15) is 0 Å². The first kappa shape index (κ1) is 17.4. The molecule has 3 aromatic rings. The maximum atomic E-state index is 4.48. The number of unbranched alkanes of at least 4 members (excludes halogenated alkanes) is 1. The molecule has 0 spiro atoms. The van der Waals surface area contributed by atoms with Gasteiger partial charge >= 0.3 is 0 Å². The SMILES string of the molecule is CCCCc1ccc(-n2cc(CNC[C@@H](C)n3cncn3)cn2)cc1. The van der Waals surface area contributed by atoms with Gasteiger partial charge in [-0.05, 0) is 37.5 Å². The highest BCUT2D eigenvalue weighted by atomic mass is 15.3. The molecule has 1 atom stereocenters. The third-order valence-corrected chi connectivity index (χ3v) is 4.31. The first-order chi connectivity index (χ1) is 12.3. The van der Waals surface area contributed by atoms with Crippen LogP contribution >= 0.6 is 0 Å². The average molecular weight is 338 g/mol. The summed E-state index contributed by atoms with van der Waals surface area (Å²) in [4.78, 5) is 3.98. The van der Waals surface area contributed by atoms with Gasteiger partial charge in [0.05, 0.1) is 17.9 Å². The Morgan fingerprint density at radius 3 is 2.68 bits per heavy atom. The predicted molar refractivity (Wildman–Crippen MR) is 98.6 cm³/mol. The van der Waals surface area contributed by atoms with Crippen LogP contribution in [0.5, 0.6) is 0 Å². The van der Waals surface area contributed by atoms with Crippen molar-refractivity contribution in [2.24, 2.45) is 0 Å². The molecular formula is C19H26N6. The molecule has 3 rings (SSSR count). The molecule has 6 heteroatoms. The summed E-state index contributed by atoms with van der Waals surface area (Å²) in [6, 6.07) is 8.95. The van der Waals surface area contributed by atoms with Crippen molar-refractivity contribution in [3.63, 3.8) is 0 Å². The highest BCUT2D eigenvalue weighted by Gasteiger charge is 2.06. The molecule has 132 valence electrons. The van der Waals surface area contributed by atoms with E-state index < -0.39 is 0 Å². The van der Waals surface area contributed by atoms with Gasteiger partial charge in [-0.2, -0.15) is 10.2 Å². The lowest BCUT2D eigenvalue weighted by molar-refractivity contribution is 0.452. The molecule has 6 nitrogen and oxygen atoms in total. The number of benzene rings is 1. The monoisotopic (exact) mass is 338 g/mol. The van der Waals surface area contributed by atoms with Crippen LogP contribution in [0.2, 0.25) is 0 Å². The van der Waals surface area contributed by atoms with E-state index in [1.807, 2.05) is 15.6 Å². The standard InChI is InChI=1S/C19H26N6/c1-3-4-5-17-6-8-19(9-7-17)24-13-18(12-22-24)11-20-10-16(2)25-15-21-14-23-25/h6-9,12-16,20H,3-5,10-11H2,1-2H3/t16-/m1/s1. The number of hydrogen-bond acceptors (Lipinski definition) is 4. The second-order valence-electron chi connectivity index (χ2n) is 6.42. The van der Waals surface area contributed by atoms with E-state index in [4.69, 9.17) is 0 Å². The largest absolute Gasteiger partial charge is 0.310 e. The summed E-state index contributed by atoms with van der Waals surface area (Å²) in [5, 5.41) is 12.1. The zero-order chi connectivity index (χ0) is 17.5. The molecule has 25 heavy (non-hydrogen) atoms. The van der Waals surface area contributed by atoms with Crippen LogP contribution in [-0.4, -0.2) is 31.1 Å². The van der Waals surface area contributed by atoms with Crippen LogP contribution in [0.3, 0.4) is 0 Å². The van der Waals surface area contributed by atoms with E-state index in [1.165, 1.54) is 24.0 Å². The maximum absolute atomic E-state index is 4.48. The molecule has 0 bridgehead atoms. The maximum Gasteiger partial charge on any atom is 0.137 e. The predicted octanol–water partition coefficient (Wildman–Crippen LogP) is 3.16. The summed E-state index contributed by atoms with van der Waals surface area (Å²) in [7, 11) is 0. The van der Waals surface area contributed by atoms with Gasteiger partial charge in [0.2, 0.25) is 0 Å². The molecular weight excluding hydrogens is 312 g/mol. The number of nitrogens with one attached hydrogen (secondary N) is 1. The lowest BCUT2D eigenvalue weighted by Gasteiger charge is -2.11. The Labute approximate surface area is 148 Å². The Morgan fingerprint density at radius 2 is 1.96 bits per heavy atom. The summed E-state index contributed by atoms with van der Waals surface area (Å²) in [5.74, 6) is 0. The number of hydrogen-bond donors (Lipinski definition) is 1. The van der Waals surface area contributed by atoms with Gasteiger partial charge in [-0.15, -0.1) is 0 Å². The zero-order valence-electron chi connectivity index (χ0n) is 15.0. The van der Waals surface area contributed by atoms with Crippen LogP contribution in [0, 0.1) is 0 Å². The molecule has 1 aromatic carbocycles. The van der Waals surface area contributed by atoms with Crippen molar-refractivity contribution in [2.45, 2.75) is 45.7 Å². The summed E-state index contributed by atoms with van der Waals surface area (Å²) >= 11 is 0. The summed E-state index contributed by atoms with van der Waals surface area (Å²) in [6.45, 7) is 5.96. The van der Waals surface area contributed by atoms with Gasteiger partial charge in [-0.3, -0.25) is 0 Å². The molecule has 0 saturated heterocycles. The van der Waals surface area contributed by atoms with Crippen molar-refractivity contribution >= 4 is 0 Å². The molecule has 0 aliphatic rings. The minimum Gasteiger partial charge on any atom is -0.310 e. The molecule has 0 saturated carbocycles. The molecule has 2 heterocycles. The van der Waals surface area contributed by atoms with Gasteiger partial charge in [0.25, 0.3) is 0 Å². The van der Waals surface area contributed by atoms with Gasteiger partial charge in [0.15, 0.2) is 0 Å². The van der Waals surface area contributed by atoms with Gasteiger partial charge < -0.3 is 5.32 Å². The highest BCUT2D eigenvalue weighted by Crippen LogP contribution is 2.12. The Bertz CT molecular complexity index is 745. The highest BCUT2D eigenvalue weighted by molar-refractivity contribution is 5.34. The van der Waals surface area contributed by atoms with Crippen LogP contribution < -0.4 is 5.32 Å². The fraction of sp³-hybridized carbons (Fsp3) is 0.421. The Morgan fingerprint density at radius 1 is 1.12 bits per heavy atom. The average Bonchev–Trinajstić information content (AvgIpc) is 3.32. The van der Waals surface area contributed by atoms with Crippen molar-refractivity contribution in [2.75, 3.05) is 6.54 Å². The number of nitrogens with zero attached hydrogens (tertiary/aromatic N) is 5. The quantitative estimate of drug-likeness (QED) is 0.651. The van der Waals surface area contributed by atoms with Crippen molar-refractivity contribution in [1.82, 2.24) is 29.9 Å². The summed E-state index contributed by atoms with van der Waals surface area (Å²) < 4.78 is 3.79. The smallest absolute Gasteiger partial charge is 0.137 e. The van der Waals surface area contributed by atoms with Crippen LogP contribution in [-0.2, 0) is 13.0 Å². The van der Waals surface area contributed by atoms with Crippen molar-refractivity contribution in [3.05, 3.63) is 60.4 Å². The van der Waals surface area contributed by atoms with Crippen molar-refractivity contribution < 1.29 is 0 Å². The second kappa shape index (κ2) is 8.58. The van der Waals surface area contributed by atoms with E-state index in [0.29, 0.717) is 0 Å². The van der Waals surface area contributed by atoms with Gasteiger partial charge in [0.1, 0.15) is 12.7 Å². The van der Waals surface area contributed by atoms with Crippen LogP contribution in [0.1, 0.15) is 43.9 Å². The lowest BCUT2D eigenvalue weighted by Crippen LogP contribution is -2.23. The number of aryl methyl sites for hydroxylation is 1. The minimum absolute atomic E-state index is 0.271. The molecule has 0 unspecified atom stereocenters. The van der Waals surface area contributed by atoms with Gasteiger partial charge in [-0.25, -0.2) is 14.3 Å². The Hall–Kier alpha value is -2.47. The van der Waals surface area contributed by atoms with E-state index in [2.05, 4.69) is 64.8 Å². The van der Waals surface area contributed by atoms with Crippen LogP contribution in [0.25, 0.3) is 5.69 Å². The third-order valence-electron chi connectivity index (χ3n) is 4.31.